The van der Waals surface area contributed by atoms with Crippen LogP contribution in [0.25, 0.3) is 0 Å². The highest BCUT2D eigenvalue weighted by atomic mass is 19.1. The molecule has 74 valence electrons. The Bertz CT molecular complexity index is 87.8. The summed E-state index contributed by atoms with van der Waals surface area (Å²) < 4.78 is 11.8. The maximum atomic E-state index is 11.8. The van der Waals surface area contributed by atoms with Crippen molar-refractivity contribution < 1.29 is 4.39 Å². The van der Waals surface area contributed by atoms with Crippen LogP contribution < -0.4 is 10.6 Å². The second kappa shape index (κ2) is 7.50. The number of hydrogen-bond donors (Lipinski definition) is 2. The van der Waals surface area contributed by atoms with E-state index in [9.17, 15) is 4.39 Å². The van der Waals surface area contributed by atoms with Crippen molar-refractivity contribution in [3.8, 4) is 0 Å². The molecule has 1 rings (SSSR count). The lowest BCUT2D eigenvalue weighted by atomic mass is 10.3. The van der Waals surface area contributed by atoms with Crippen molar-refractivity contribution in [1.82, 2.24) is 10.6 Å². The number of piperazine rings is 1. The molecule has 2 nitrogen and oxygen atoms in total. The summed E-state index contributed by atoms with van der Waals surface area (Å²) >= 11 is 0. The van der Waals surface area contributed by atoms with Gasteiger partial charge in [0.15, 0.2) is 0 Å². The molecular formula is C9H21FN2. The minimum atomic E-state index is -0.257. The molecular weight excluding hydrogens is 155 g/mol. The molecule has 1 aliphatic rings. The van der Waals surface area contributed by atoms with E-state index in [1.807, 2.05) is 0 Å². The molecule has 0 aromatic rings. The summed E-state index contributed by atoms with van der Waals surface area (Å²) in [6.07, 6.45) is 0. The van der Waals surface area contributed by atoms with Crippen molar-refractivity contribution in [3.63, 3.8) is 0 Å². The van der Waals surface area contributed by atoms with Gasteiger partial charge < -0.3 is 10.6 Å². The van der Waals surface area contributed by atoms with Gasteiger partial charge in [0.25, 0.3) is 0 Å². The largest absolute Gasteiger partial charge is 0.314 e. The summed E-state index contributed by atoms with van der Waals surface area (Å²) in [7, 11) is 0. The Labute approximate surface area is 74.9 Å². The zero-order valence-corrected chi connectivity index (χ0v) is 8.36. The summed E-state index contributed by atoms with van der Waals surface area (Å²) in [6.45, 7) is 8.88. The molecule has 0 radical (unpaired) electrons. The average molecular weight is 176 g/mol. The third-order valence-electron chi connectivity index (χ3n) is 1.31. The van der Waals surface area contributed by atoms with Gasteiger partial charge in [-0.3, -0.25) is 0 Å². The molecule has 1 atom stereocenters. The summed E-state index contributed by atoms with van der Waals surface area (Å²) in [4.78, 5) is 0. The molecule has 0 spiro atoms. The van der Waals surface area contributed by atoms with Crippen molar-refractivity contribution >= 4 is 0 Å². The molecule has 0 bridgehead atoms. The van der Waals surface area contributed by atoms with Gasteiger partial charge in [0.05, 0.1) is 0 Å². The maximum Gasteiger partial charge on any atom is 0.106 e. The summed E-state index contributed by atoms with van der Waals surface area (Å²) in [5.41, 5.74) is 0. The van der Waals surface area contributed by atoms with E-state index in [1.54, 1.807) is 0 Å². The predicted octanol–water partition coefficient (Wildman–Crippen LogP) is 1.18. The molecule has 1 heterocycles. The predicted molar refractivity (Wildman–Crippen MR) is 51.1 cm³/mol. The maximum absolute atomic E-state index is 11.8. The molecule has 2 N–H and O–H groups in total. The first-order valence-corrected chi connectivity index (χ1v) is 4.67. The summed E-state index contributed by atoms with van der Waals surface area (Å²) in [5.74, 6) is 0.833. The topological polar surface area (TPSA) is 24.1 Å². The van der Waals surface area contributed by atoms with Gasteiger partial charge in [-0.25, -0.2) is 4.39 Å². The Morgan fingerprint density at radius 2 is 1.92 bits per heavy atom. The van der Waals surface area contributed by atoms with E-state index in [0.717, 1.165) is 25.6 Å². The molecule has 0 saturated carbocycles. The first-order valence-electron chi connectivity index (χ1n) is 4.67. The highest BCUT2D eigenvalue weighted by molar-refractivity contribution is 4.73. The fraction of sp³-hybridized carbons (Fsp3) is 1.00. The van der Waals surface area contributed by atoms with Crippen molar-refractivity contribution in [2.45, 2.75) is 26.8 Å². The lowest BCUT2D eigenvalue weighted by Gasteiger charge is -2.21. The van der Waals surface area contributed by atoms with Crippen molar-refractivity contribution in [3.05, 3.63) is 0 Å². The van der Waals surface area contributed by atoms with E-state index < -0.39 is 0 Å². The monoisotopic (exact) mass is 176 g/mol. The van der Waals surface area contributed by atoms with Crippen LogP contribution in [-0.4, -0.2) is 32.4 Å². The van der Waals surface area contributed by atoms with Gasteiger partial charge in [-0.05, 0) is 5.92 Å². The van der Waals surface area contributed by atoms with E-state index in [1.165, 1.54) is 0 Å². The second-order valence-corrected chi connectivity index (χ2v) is 3.74. The molecule has 0 aromatic heterocycles. The zero-order chi connectivity index (χ0) is 9.40. The average Bonchev–Trinajstić information content (AvgIpc) is 2.05. The third kappa shape index (κ3) is 7.95. The van der Waals surface area contributed by atoms with Crippen LogP contribution in [0.3, 0.4) is 0 Å². The Morgan fingerprint density at radius 1 is 1.33 bits per heavy atom. The zero-order valence-electron chi connectivity index (χ0n) is 8.36. The van der Waals surface area contributed by atoms with Gasteiger partial charge in [-0.2, -0.15) is 0 Å². The van der Waals surface area contributed by atoms with Crippen LogP contribution in [0.2, 0.25) is 0 Å². The van der Waals surface area contributed by atoms with E-state index >= 15 is 0 Å². The summed E-state index contributed by atoms with van der Waals surface area (Å²) in [6, 6.07) is 0.0590. The van der Waals surface area contributed by atoms with Crippen molar-refractivity contribution in [2.75, 3.05) is 26.3 Å². The first-order chi connectivity index (χ1) is 5.66. The Morgan fingerprint density at radius 3 is 2.17 bits per heavy atom. The van der Waals surface area contributed by atoms with Crippen LogP contribution >= 0.6 is 0 Å². The summed E-state index contributed by atoms with van der Waals surface area (Å²) in [5, 5.41) is 6.11. The number of rotatable bonds is 1. The van der Waals surface area contributed by atoms with Crippen molar-refractivity contribution in [1.29, 1.82) is 0 Å². The van der Waals surface area contributed by atoms with Crippen LogP contribution in [-0.2, 0) is 0 Å². The Hall–Kier alpha value is -0.150. The Balaban J connectivity index is 0.000000261. The SMILES string of the molecule is CC(C)C.FCC1CNCCN1. The number of hydrogen-bond acceptors (Lipinski definition) is 2. The molecule has 0 aromatic carbocycles. The van der Waals surface area contributed by atoms with Crippen LogP contribution in [0.4, 0.5) is 4.39 Å². The minimum Gasteiger partial charge on any atom is -0.314 e. The Kier molecular flexibility index (Phi) is 7.40. The number of halogens is 1. The smallest absolute Gasteiger partial charge is 0.106 e. The molecule has 12 heavy (non-hydrogen) atoms. The normalized spacial score (nSPS) is 23.2. The highest BCUT2D eigenvalue weighted by Crippen LogP contribution is 1.85. The van der Waals surface area contributed by atoms with E-state index in [4.69, 9.17) is 0 Å². The van der Waals surface area contributed by atoms with Gasteiger partial charge in [0.2, 0.25) is 0 Å². The van der Waals surface area contributed by atoms with Gasteiger partial charge in [0, 0.05) is 25.7 Å². The molecule has 0 aliphatic carbocycles. The second-order valence-electron chi connectivity index (χ2n) is 3.74. The van der Waals surface area contributed by atoms with E-state index in [2.05, 4.69) is 31.4 Å². The molecule has 1 aliphatic heterocycles. The molecule has 3 heteroatoms. The van der Waals surface area contributed by atoms with Crippen LogP contribution in [0.15, 0.2) is 0 Å². The van der Waals surface area contributed by atoms with E-state index in [0.29, 0.717) is 0 Å². The fourth-order valence-electron chi connectivity index (χ4n) is 0.822. The third-order valence-corrected chi connectivity index (χ3v) is 1.31. The molecule has 1 unspecified atom stereocenters. The first kappa shape index (κ1) is 11.8. The fourth-order valence-corrected chi connectivity index (χ4v) is 0.822. The molecule has 0 amide bonds. The standard InChI is InChI=1S/C5H11FN2.C4H10/c6-3-5-4-7-1-2-8-5;1-4(2)3/h5,7-8H,1-4H2;4H,1-3H3. The number of alkyl halides is 1. The van der Waals surface area contributed by atoms with Crippen LogP contribution in [0, 0.1) is 5.92 Å². The van der Waals surface area contributed by atoms with Crippen molar-refractivity contribution in [2.24, 2.45) is 5.92 Å². The number of nitrogens with one attached hydrogen (secondary N) is 2. The molecule has 1 fully saturated rings. The quantitative estimate of drug-likeness (QED) is 0.627. The van der Waals surface area contributed by atoms with Gasteiger partial charge in [-0.1, -0.05) is 20.8 Å². The highest BCUT2D eigenvalue weighted by Gasteiger charge is 2.09. The lowest BCUT2D eigenvalue weighted by Crippen LogP contribution is -2.49. The lowest BCUT2D eigenvalue weighted by molar-refractivity contribution is 0.333. The van der Waals surface area contributed by atoms with E-state index in [-0.39, 0.29) is 12.7 Å². The van der Waals surface area contributed by atoms with Crippen LogP contribution in [0.5, 0.6) is 0 Å². The molecule has 1 saturated heterocycles. The van der Waals surface area contributed by atoms with Gasteiger partial charge in [-0.15, -0.1) is 0 Å². The van der Waals surface area contributed by atoms with Gasteiger partial charge >= 0.3 is 0 Å². The minimum absolute atomic E-state index is 0.0590. The van der Waals surface area contributed by atoms with Crippen LogP contribution in [0.1, 0.15) is 20.8 Å². The van der Waals surface area contributed by atoms with Gasteiger partial charge in [0.1, 0.15) is 6.67 Å².